The van der Waals surface area contributed by atoms with Crippen LogP contribution in [-0.2, 0) is 0 Å². The summed E-state index contributed by atoms with van der Waals surface area (Å²) in [6, 6.07) is 15.2. The molecule has 2 rings (SSSR count). The van der Waals surface area contributed by atoms with Gasteiger partial charge in [-0.3, -0.25) is 4.79 Å². The molecule has 0 radical (unpaired) electrons. The van der Waals surface area contributed by atoms with Gasteiger partial charge >= 0.3 is 6.18 Å². The summed E-state index contributed by atoms with van der Waals surface area (Å²) < 4.78 is 47.4. The Hall–Kier alpha value is -2.70. The first-order chi connectivity index (χ1) is 11.5. The maximum absolute atomic E-state index is 12.2. The fourth-order valence-electron chi connectivity index (χ4n) is 1.88. The van der Waals surface area contributed by atoms with Crippen LogP contribution in [0.25, 0.3) is 0 Å². The molecule has 1 N–H and O–H groups in total. The van der Waals surface area contributed by atoms with Crippen LogP contribution in [0.1, 0.15) is 10.4 Å². The molecule has 2 aromatic carbocycles. The Bertz CT molecular complexity index is 660. The predicted octanol–water partition coefficient (Wildman–Crippen LogP) is 3.44. The Balaban J connectivity index is 1.87. The largest absolute Gasteiger partial charge is 0.490 e. The van der Waals surface area contributed by atoms with Crippen LogP contribution >= 0.6 is 0 Å². The van der Waals surface area contributed by atoms with Gasteiger partial charge in [0.25, 0.3) is 5.91 Å². The lowest BCUT2D eigenvalue weighted by molar-refractivity contribution is -0.123. The van der Waals surface area contributed by atoms with Crippen molar-refractivity contribution in [3.05, 3.63) is 60.2 Å². The summed E-state index contributed by atoms with van der Waals surface area (Å²) in [5, 5.41) is 1.82. The first-order valence-electron chi connectivity index (χ1n) is 7.20. The molecule has 0 saturated heterocycles. The lowest BCUT2D eigenvalue weighted by Gasteiger charge is -2.13. The topological polar surface area (TPSA) is 47.6 Å². The molecule has 128 valence electrons. The molecule has 1 amide bonds. The molecule has 0 unspecified atom stereocenters. The summed E-state index contributed by atoms with van der Waals surface area (Å²) in [5.41, 5.74) is 0.0430. The summed E-state index contributed by atoms with van der Waals surface area (Å²) in [6.45, 7) is -1.00. The van der Waals surface area contributed by atoms with Crippen LogP contribution in [0.2, 0.25) is 0 Å². The molecule has 7 heteroatoms. The number of carbonyl (C=O) groups excluding carboxylic acids is 1. The van der Waals surface area contributed by atoms with Crippen LogP contribution < -0.4 is 14.8 Å². The van der Waals surface area contributed by atoms with Crippen molar-refractivity contribution >= 4 is 5.91 Å². The van der Waals surface area contributed by atoms with E-state index in [1.54, 1.807) is 24.3 Å². The second kappa shape index (κ2) is 8.24. The second-order valence-electron chi connectivity index (χ2n) is 4.80. The van der Waals surface area contributed by atoms with Gasteiger partial charge in [-0.1, -0.05) is 30.3 Å². The lowest BCUT2D eigenvalue weighted by atomic mass is 10.2. The van der Waals surface area contributed by atoms with Gasteiger partial charge in [-0.2, -0.15) is 13.2 Å². The molecule has 0 aliphatic heterocycles. The van der Waals surface area contributed by atoms with E-state index in [1.807, 2.05) is 23.5 Å². The van der Waals surface area contributed by atoms with E-state index in [1.165, 1.54) is 12.1 Å². The third-order valence-corrected chi connectivity index (χ3v) is 2.93. The minimum absolute atomic E-state index is 0.0430. The van der Waals surface area contributed by atoms with E-state index >= 15 is 0 Å². The predicted molar refractivity (Wildman–Crippen MR) is 82.3 cm³/mol. The zero-order chi connectivity index (χ0) is 17.4. The number of nitrogens with one attached hydrogen (secondary N) is 1. The van der Waals surface area contributed by atoms with Gasteiger partial charge in [-0.25, -0.2) is 0 Å². The average Bonchev–Trinajstić information content (AvgIpc) is 2.57. The zero-order valence-corrected chi connectivity index (χ0v) is 12.7. The molecule has 0 fully saturated rings. The van der Waals surface area contributed by atoms with E-state index in [0.29, 0.717) is 5.75 Å². The minimum atomic E-state index is -4.46. The van der Waals surface area contributed by atoms with Gasteiger partial charge < -0.3 is 14.8 Å². The maximum atomic E-state index is 12.2. The third kappa shape index (κ3) is 5.83. The van der Waals surface area contributed by atoms with Crippen molar-refractivity contribution in [2.75, 3.05) is 19.8 Å². The summed E-state index contributed by atoms with van der Waals surface area (Å²) >= 11 is 0. The third-order valence-electron chi connectivity index (χ3n) is 2.93. The molecule has 0 bridgehead atoms. The molecule has 4 nitrogen and oxygen atoms in total. The molecule has 0 aliphatic carbocycles. The minimum Gasteiger partial charge on any atom is -0.490 e. The van der Waals surface area contributed by atoms with E-state index in [9.17, 15) is 18.0 Å². The van der Waals surface area contributed by atoms with E-state index in [4.69, 9.17) is 9.47 Å². The number of halogens is 3. The number of hydrogen-bond donors (Lipinski definition) is 1. The van der Waals surface area contributed by atoms with Gasteiger partial charge in [0.15, 0.2) is 0 Å². The first-order valence-corrected chi connectivity index (χ1v) is 7.20. The SMILES string of the molecule is O=C(NCC(F)(F)F)c1ccccc1OCCOc1ccccc1. The fourth-order valence-corrected chi connectivity index (χ4v) is 1.88. The standard InChI is InChI=1S/C17H16F3NO3/c18-17(19,20)12-21-16(22)14-8-4-5-9-15(14)24-11-10-23-13-6-2-1-3-7-13/h1-9H,10-12H2,(H,21,22). The quantitative estimate of drug-likeness (QED) is 0.786. The van der Waals surface area contributed by atoms with E-state index in [-0.39, 0.29) is 24.5 Å². The number of alkyl halides is 3. The molecular weight excluding hydrogens is 323 g/mol. The molecule has 0 heterocycles. The Morgan fingerprint density at radius 2 is 1.54 bits per heavy atom. The van der Waals surface area contributed by atoms with Crippen LogP contribution in [0, 0.1) is 0 Å². The van der Waals surface area contributed by atoms with Crippen molar-refractivity contribution < 1.29 is 27.4 Å². The van der Waals surface area contributed by atoms with Crippen molar-refractivity contribution in [3.63, 3.8) is 0 Å². The highest BCUT2D eigenvalue weighted by molar-refractivity contribution is 5.96. The summed E-state index contributed by atoms with van der Waals surface area (Å²) in [6.07, 6.45) is -4.46. The van der Waals surface area contributed by atoms with Crippen molar-refractivity contribution in [2.45, 2.75) is 6.18 Å². The van der Waals surface area contributed by atoms with Crippen LogP contribution in [-0.4, -0.2) is 31.8 Å². The van der Waals surface area contributed by atoms with Gasteiger partial charge in [0.05, 0.1) is 5.56 Å². The van der Waals surface area contributed by atoms with Crippen LogP contribution in [0.3, 0.4) is 0 Å². The fraction of sp³-hybridized carbons (Fsp3) is 0.235. The number of hydrogen-bond acceptors (Lipinski definition) is 3. The molecule has 0 saturated carbocycles. The number of carbonyl (C=O) groups is 1. The number of benzene rings is 2. The van der Waals surface area contributed by atoms with Crippen LogP contribution in [0.4, 0.5) is 13.2 Å². The highest BCUT2D eigenvalue weighted by atomic mass is 19.4. The average molecular weight is 339 g/mol. The van der Waals surface area contributed by atoms with E-state index in [0.717, 1.165) is 0 Å². The smallest absolute Gasteiger partial charge is 0.405 e. The van der Waals surface area contributed by atoms with E-state index < -0.39 is 18.6 Å². The Labute approximate surface area is 137 Å². The molecular formula is C17H16F3NO3. The van der Waals surface area contributed by atoms with Crippen molar-refractivity contribution in [3.8, 4) is 11.5 Å². The van der Waals surface area contributed by atoms with Crippen LogP contribution in [0.15, 0.2) is 54.6 Å². The highest BCUT2D eigenvalue weighted by Crippen LogP contribution is 2.19. The van der Waals surface area contributed by atoms with Gasteiger partial charge in [0.1, 0.15) is 31.3 Å². The molecule has 0 aliphatic rings. The van der Waals surface area contributed by atoms with Crippen LogP contribution in [0.5, 0.6) is 11.5 Å². The molecule has 0 atom stereocenters. The Kier molecular flexibility index (Phi) is 6.06. The summed E-state index contributed by atoms with van der Waals surface area (Å²) in [7, 11) is 0. The van der Waals surface area contributed by atoms with Crippen molar-refractivity contribution in [2.24, 2.45) is 0 Å². The Morgan fingerprint density at radius 1 is 0.917 bits per heavy atom. The maximum Gasteiger partial charge on any atom is 0.405 e. The monoisotopic (exact) mass is 339 g/mol. The number of ether oxygens (including phenoxy) is 2. The van der Waals surface area contributed by atoms with Gasteiger partial charge in [0, 0.05) is 0 Å². The number of para-hydroxylation sites is 2. The molecule has 24 heavy (non-hydrogen) atoms. The number of rotatable bonds is 7. The second-order valence-corrected chi connectivity index (χ2v) is 4.80. The van der Waals surface area contributed by atoms with Crippen molar-refractivity contribution in [1.29, 1.82) is 0 Å². The van der Waals surface area contributed by atoms with Gasteiger partial charge in [-0.15, -0.1) is 0 Å². The molecule has 0 aromatic heterocycles. The first kappa shape index (κ1) is 17.7. The highest BCUT2D eigenvalue weighted by Gasteiger charge is 2.28. The summed E-state index contributed by atoms with van der Waals surface area (Å²) in [4.78, 5) is 11.8. The number of amides is 1. The van der Waals surface area contributed by atoms with E-state index in [2.05, 4.69) is 0 Å². The van der Waals surface area contributed by atoms with Gasteiger partial charge in [-0.05, 0) is 24.3 Å². The van der Waals surface area contributed by atoms with Gasteiger partial charge in [0.2, 0.25) is 0 Å². The molecule has 0 spiro atoms. The molecule has 2 aromatic rings. The Morgan fingerprint density at radius 3 is 2.25 bits per heavy atom. The van der Waals surface area contributed by atoms with Crippen molar-refractivity contribution in [1.82, 2.24) is 5.32 Å². The summed E-state index contributed by atoms with van der Waals surface area (Å²) in [5.74, 6) is 0.0399. The normalized spacial score (nSPS) is 11.0. The lowest BCUT2D eigenvalue weighted by Crippen LogP contribution is -2.34. The zero-order valence-electron chi connectivity index (χ0n) is 12.7.